The second-order valence-corrected chi connectivity index (χ2v) is 4.20. The van der Waals surface area contributed by atoms with Crippen LogP contribution >= 0.6 is 0 Å². The van der Waals surface area contributed by atoms with Crippen LogP contribution < -0.4 is 10.6 Å². The van der Waals surface area contributed by atoms with Crippen LogP contribution in [-0.4, -0.2) is 19.0 Å². The molecule has 0 aliphatic heterocycles. The summed E-state index contributed by atoms with van der Waals surface area (Å²) in [6.45, 7) is 6.48. The molecule has 94 valence electrons. The fourth-order valence-electron chi connectivity index (χ4n) is 1.59. The summed E-state index contributed by atoms with van der Waals surface area (Å²) in [7, 11) is 0. The van der Waals surface area contributed by atoms with E-state index in [2.05, 4.69) is 36.6 Å². The van der Waals surface area contributed by atoms with E-state index >= 15 is 0 Å². The molecular weight excluding hydrogens is 212 g/mol. The number of hydrogen-bond donors (Lipinski definition) is 2. The zero-order chi connectivity index (χ0) is 12.5. The zero-order valence-corrected chi connectivity index (χ0v) is 10.8. The number of amides is 1. The molecular formula is C14H22N2O. The van der Waals surface area contributed by atoms with Crippen molar-refractivity contribution in [3.05, 3.63) is 35.4 Å². The number of rotatable bonds is 7. The molecule has 0 unspecified atom stereocenters. The average Bonchev–Trinajstić information content (AvgIpc) is 2.34. The van der Waals surface area contributed by atoms with Gasteiger partial charge in [0, 0.05) is 26.1 Å². The van der Waals surface area contributed by atoms with Crippen molar-refractivity contribution in [2.75, 3.05) is 13.1 Å². The average molecular weight is 234 g/mol. The molecule has 0 bridgehead atoms. The van der Waals surface area contributed by atoms with Crippen molar-refractivity contribution in [2.24, 2.45) is 0 Å². The quantitative estimate of drug-likeness (QED) is 0.708. The third-order valence-electron chi connectivity index (χ3n) is 2.68. The van der Waals surface area contributed by atoms with Crippen LogP contribution in [0, 0.1) is 6.92 Å². The molecule has 0 fully saturated rings. The molecule has 3 heteroatoms. The molecule has 0 aromatic heterocycles. The van der Waals surface area contributed by atoms with Gasteiger partial charge < -0.3 is 10.6 Å². The standard InChI is InChI=1S/C14H22N2O/c1-3-9-16-14(17)8-10-15-11-13-7-5-4-6-12(13)2/h4-7,15H,3,8-11H2,1-2H3,(H,16,17). The van der Waals surface area contributed by atoms with Gasteiger partial charge in [-0.1, -0.05) is 31.2 Å². The van der Waals surface area contributed by atoms with Gasteiger partial charge >= 0.3 is 0 Å². The summed E-state index contributed by atoms with van der Waals surface area (Å²) in [4.78, 5) is 11.3. The first kappa shape index (κ1) is 13.7. The van der Waals surface area contributed by atoms with Crippen molar-refractivity contribution in [1.29, 1.82) is 0 Å². The Balaban J connectivity index is 2.16. The smallest absolute Gasteiger partial charge is 0.221 e. The van der Waals surface area contributed by atoms with Crippen LogP contribution in [0.3, 0.4) is 0 Å². The molecule has 0 heterocycles. The minimum absolute atomic E-state index is 0.129. The van der Waals surface area contributed by atoms with Gasteiger partial charge in [-0.3, -0.25) is 4.79 Å². The topological polar surface area (TPSA) is 41.1 Å². The lowest BCUT2D eigenvalue weighted by Gasteiger charge is -2.07. The third kappa shape index (κ3) is 5.50. The SMILES string of the molecule is CCCNC(=O)CCNCc1ccccc1C. The highest BCUT2D eigenvalue weighted by Crippen LogP contribution is 2.05. The number of carbonyl (C=O) groups is 1. The van der Waals surface area contributed by atoms with Crippen LogP contribution in [0.5, 0.6) is 0 Å². The molecule has 1 aromatic rings. The fourth-order valence-corrected chi connectivity index (χ4v) is 1.59. The molecule has 1 aromatic carbocycles. The molecule has 3 nitrogen and oxygen atoms in total. The van der Waals surface area contributed by atoms with Gasteiger partial charge in [-0.15, -0.1) is 0 Å². The summed E-state index contributed by atoms with van der Waals surface area (Å²) in [6.07, 6.45) is 1.54. The van der Waals surface area contributed by atoms with E-state index in [9.17, 15) is 4.79 Å². The van der Waals surface area contributed by atoms with E-state index in [-0.39, 0.29) is 5.91 Å². The minimum Gasteiger partial charge on any atom is -0.356 e. The van der Waals surface area contributed by atoms with Crippen LogP contribution in [-0.2, 0) is 11.3 Å². The molecule has 0 radical (unpaired) electrons. The van der Waals surface area contributed by atoms with Gasteiger partial charge in [-0.25, -0.2) is 0 Å². The van der Waals surface area contributed by atoms with Gasteiger partial charge in [0.15, 0.2) is 0 Å². The summed E-state index contributed by atoms with van der Waals surface area (Å²) < 4.78 is 0. The van der Waals surface area contributed by atoms with Crippen molar-refractivity contribution in [3.8, 4) is 0 Å². The fraction of sp³-hybridized carbons (Fsp3) is 0.500. The Hall–Kier alpha value is -1.35. The maximum Gasteiger partial charge on any atom is 0.221 e. The van der Waals surface area contributed by atoms with E-state index in [0.717, 1.165) is 26.1 Å². The van der Waals surface area contributed by atoms with Crippen molar-refractivity contribution in [3.63, 3.8) is 0 Å². The first-order valence-electron chi connectivity index (χ1n) is 6.26. The summed E-state index contributed by atoms with van der Waals surface area (Å²) in [5.74, 6) is 0.129. The Morgan fingerprint density at radius 1 is 1.24 bits per heavy atom. The van der Waals surface area contributed by atoms with Crippen molar-refractivity contribution >= 4 is 5.91 Å². The number of carbonyl (C=O) groups excluding carboxylic acids is 1. The van der Waals surface area contributed by atoms with E-state index in [4.69, 9.17) is 0 Å². The Morgan fingerprint density at radius 2 is 2.00 bits per heavy atom. The summed E-state index contributed by atoms with van der Waals surface area (Å²) in [5.41, 5.74) is 2.58. The Kier molecular flexibility index (Phi) is 6.33. The molecule has 0 aliphatic carbocycles. The van der Waals surface area contributed by atoms with Crippen molar-refractivity contribution in [2.45, 2.75) is 33.2 Å². The van der Waals surface area contributed by atoms with Gasteiger partial charge in [-0.2, -0.15) is 0 Å². The van der Waals surface area contributed by atoms with Gasteiger partial charge in [0.1, 0.15) is 0 Å². The second kappa shape index (κ2) is 7.85. The van der Waals surface area contributed by atoms with Crippen LogP contribution in [0.1, 0.15) is 30.9 Å². The predicted octanol–water partition coefficient (Wildman–Crippen LogP) is 2.00. The monoisotopic (exact) mass is 234 g/mol. The summed E-state index contributed by atoms with van der Waals surface area (Å²) in [5, 5.41) is 6.15. The number of aryl methyl sites for hydroxylation is 1. The largest absolute Gasteiger partial charge is 0.356 e. The van der Waals surface area contributed by atoms with Gasteiger partial charge in [0.05, 0.1) is 0 Å². The van der Waals surface area contributed by atoms with Gasteiger partial charge in [-0.05, 0) is 24.5 Å². The zero-order valence-electron chi connectivity index (χ0n) is 10.8. The van der Waals surface area contributed by atoms with E-state index in [0.29, 0.717) is 6.42 Å². The maximum absolute atomic E-state index is 11.3. The number of benzene rings is 1. The number of hydrogen-bond acceptors (Lipinski definition) is 2. The van der Waals surface area contributed by atoms with Crippen LogP contribution in [0.2, 0.25) is 0 Å². The highest BCUT2D eigenvalue weighted by molar-refractivity contribution is 5.75. The molecule has 17 heavy (non-hydrogen) atoms. The highest BCUT2D eigenvalue weighted by atomic mass is 16.1. The van der Waals surface area contributed by atoms with Crippen molar-refractivity contribution < 1.29 is 4.79 Å². The van der Waals surface area contributed by atoms with E-state index in [1.54, 1.807) is 0 Å². The molecule has 1 amide bonds. The normalized spacial score (nSPS) is 10.2. The predicted molar refractivity (Wildman–Crippen MR) is 70.8 cm³/mol. The third-order valence-corrected chi connectivity index (χ3v) is 2.68. The Morgan fingerprint density at radius 3 is 2.71 bits per heavy atom. The lowest BCUT2D eigenvalue weighted by atomic mass is 10.1. The summed E-state index contributed by atoms with van der Waals surface area (Å²) in [6, 6.07) is 8.29. The minimum atomic E-state index is 0.129. The molecule has 0 atom stereocenters. The highest BCUT2D eigenvalue weighted by Gasteiger charge is 2.00. The first-order chi connectivity index (χ1) is 8.24. The van der Waals surface area contributed by atoms with Gasteiger partial charge in [0.25, 0.3) is 0 Å². The lowest BCUT2D eigenvalue weighted by molar-refractivity contribution is -0.120. The molecule has 0 saturated carbocycles. The lowest BCUT2D eigenvalue weighted by Crippen LogP contribution is -2.28. The van der Waals surface area contributed by atoms with Crippen LogP contribution in [0.4, 0.5) is 0 Å². The van der Waals surface area contributed by atoms with E-state index in [1.165, 1.54) is 11.1 Å². The van der Waals surface area contributed by atoms with E-state index < -0.39 is 0 Å². The molecule has 2 N–H and O–H groups in total. The van der Waals surface area contributed by atoms with E-state index in [1.807, 2.05) is 12.1 Å². The molecule has 0 aliphatic rings. The second-order valence-electron chi connectivity index (χ2n) is 4.20. The van der Waals surface area contributed by atoms with Crippen LogP contribution in [0.15, 0.2) is 24.3 Å². The summed E-state index contributed by atoms with van der Waals surface area (Å²) >= 11 is 0. The van der Waals surface area contributed by atoms with Crippen LogP contribution in [0.25, 0.3) is 0 Å². The first-order valence-corrected chi connectivity index (χ1v) is 6.26. The van der Waals surface area contributed by atoms with Crippen molar-refractivity contribution in [1.82, 2.24) is 10.6 Å². The Bertz CT molecular complexity index is 350. The Labute approximate surface area is 104 Å². The number of nitrogens with one attached hydrogen (secondary N) is 2. The molecule has 1 rings (SSSR count). The molecule has 0 saturated heterocycles. The van der Waals surface area contributed by atoms with Gasteiger partial charge in [0.2, 0.25) is 5.91 Å². The molecule has 0 spiro atoms. The maximum atomic E-state index is 11.3.